The molecule has 9 aromatic rings. The first-order valence-electron chi connectivity index (χ1n) is 17.9. The van der Waals surface area contributed by atoms with E-state index in [0.717, 1.165) is 50.7 Å². The number of hydrogen-bond donors (Lipinski definition) is 0. The topological polar surface area (TPSA) is 17.4 Å². The van der Waals surface area contributed by atoms with Gasteiger partial charge in [-0.15, -0.1) is 0 Å². The van der Waals surface area contributed by atoms with Gasteiger partial charge >= 0.3 is 0 Å². The van der Waals surface area contributed by atoms with Crippen molar-refractivity contribution in [1.29, 1.82) is 0 Å². The Labute approximate surface area is 302 Å². The Morgan fingerprint density at radius 1 is 0.404 bits per heavy atom. The molecule has 3 nitrogen and oxygen atoms in total. The third-order valence-electron chi connectivity index (χ3n) is 11.0. The molecule has 0 fully saturated rings. The highest BCUT2D eigenvalue weighted by atomic mass is 16.5. The van der Waals surface area contributed by atoms with E-state index >= 15 is 0 Å². The van der Waals surface area contributed by atoms with Crippen molar-refractivity contribution >= 4 is 38.9 Å². The number of aromatic nitrogens is 1. The van der Waals surface area contributed by atoms with Gasteiger partial charge in [0.25, 0.3) is 0 Å². The highest BCUT2D eigenvalue weighted by molar-refractivity contribution is 6.13. The maximum absolute atomic E-state index is 7.09. The first kappa shape index (κ1) is 28.9. The van der Waals surface area contributed by atoms with E-state index in [-0.39, 0.29) is 0 Å². The summed E-state index contributed by atoms with van der Waals surface area (Å²) in [5.74, 6) is 1.82. The number of hydrogen-bond acceptors (Lipinski definition) is 2. The summed E-state index contributed by atoms with van der Waals surface area (Å²) in [4.78, 5) is 2.30. The monoisotopic (exact) mass is 664 g/mol. The Morgan fingerprint density at radius 2 is 0.942 bits per heavy atom. The molecule has 0 unspecified atom stereocenters. The van der Waals surface area contributed by atoms with Crippen LogP contribution in [0.3, 0.4) is 0 Å². The SMILES string of the molecule is c1ccc(N(c2ccccc2)c2ccc(-n3c4ccccc4c4c5c(ccc43)C3(c4ccccc4O5)c4ccccc4-c4ccccc43)cc2)cc1. The predicted octanol–water partition coefficient (Wildman–Crippen LogP) is 12.7. The maximum Gasteiger partial charge on any atom is 0.142 e. The fourth-order valence-corrected chi connectivity index (χ4v) is 9.00. The van der Waals surface area contributed by atoms with Crippen LogP contribution in [0.15, 0.2) is 194 Å². The number of benzene rings is 8. The summed E-state index contributed by atoms with van der Waals surface area (Å²) in [5, 5.41) is 2.30. The minimum Gasteiger partial charge on any atom is -0.456 e. The molecule has 0 N–H and O–H groups in total. The van der Waals surface area contributed by atoms with Crippen molar-refractivity contribution in [3.05, 3.63) is 216 Å². The van der Waals surface area contributed by atoms with Crippen LogP contribution in [0.4, 0.5) is 17.1 Å². The third kappa shape index (κ3) is 3.91. The van der Waals surface area contributed by atoms with Gasteiger partial charge in [0.15, 0.2) is 0 Å². The lowest BCUT2D eigenvalue weighted by molar-refractivity contribution is 0.442. The van der Waals surface area contributed by atoms with Crippen LogP contribution >= 0.6 is 0 Å². The predicted molar refractivity (Wildman–Crippen MR) is 213 cm³/mol. The smallest absolute Gasteiger partial charge is 0.142 e. The molecular weight excluding hydrogens is 633 g/mol. The number of fused-ring (bicyclic) bond motifs is 13. The second-order valence-corrected chi connectivity index (χ2v) is 13.7. The Bertz CT molecular complexity index is 2730. The summed E-state index contributed by atoms with van der Waals surface area (Å²) in [6.45, 7) is 0. The molecule has 2 heterocycles. The van der Waals surface area contributed by atoms with E-state index < -0.39 is 5.41 Å². The molecule has 1 aliphatic heterocycles. The standard InChI is InChI=1S/C49H32N2O/c1-3-15-33(16-4-1)50(34-17-5-2-6-18-34)35-27-29-36(30-28-35)51-44-25-13-9-21-39(44)47-45(51)32-31-43-48(47)52-46-26-14-12-24-42(46)49(43)40-22-10-7-19-37(40)38-20-8-11-23-41(38)49/h1-32H. The molecule has 0 radical (unpaired) electrons. The lowest BCUT2D eigenvalue weighted by atomic mass is 9.66. The first-order valence-corrected chi connectivity index (χ1v) is 17.9. The van der Waals surface area contributed by atoms with E-state index in [2.05, 4.69) is 204 Å². The lowest BCUT2D eigenvalue weighted by Crippen LogP contribution is -2.32. The quantitative estimate of drug-likeness (QED) is 0.186. The van der Waals surface area contributed by atoms with Crippen LogP contribution in [0.5, 0.6) is 11.5 Å². The molecule has 0 saturated heterocycles. The van der Waals surface area contributed by atoms with Crippen LogP contribution < -0.4 is 9.64 Å². The summed E-state index contributed by atoms with van der Waals surface area (Å²) < 4.78 is 9.48. The van der Waals surface area contributed by atoms with Gasteiger partial charge < -0.3 is 14.2 Å². The van der Waals surface area contributed by atoms with Gasteiger partial charge in [-0.1, -0.05) is 127 Å². The fraction of sp³-hybridized carbons (Fsp3) is 0.0204. The van der Waals surface area contributed by atoms with Crippen LogP contribution in [0.1, 0.15) is 22.3 Å². The molecule has 1 spiro atoms. The van der Waals surface area contributed by atoms with Crippen molar-refractivity contribution in [2.24, 2.45) is 0 Å². The molecule has 52 heavy (non-hydrogen) atoms. The van der Waals surface area contributed by atoms with Crippen molar-refractivity contribution in [3.8, 4) is 28.3 Å². The summed E-state index contributed by atoms with van der Waals surface area (Å²) in [6.07, 6.45) is 0. The van der Waals surface area contributed by atoms with Crippen molar-refractivity contribution in [3.63, 3.8) is 0 Å². The Hall–Kier alpha value is -6.84. The van der Waals surface area contributed by atoms with Gasteiger partial charge in [0, 0.05) is 39.3 Å². The molecular formula is C49H32N2O. The zero-order chi connectivity index (χ0) is 34.2. The van der Waals surface area contributed by atoms with Gasteiger partial charge in [0.05, 0.1) is 21.8 Å². The number of nitrogens with zero attached hydrogens (tertiary/aromatic N) is 2. The number of para-hydroxylation sites is 4. The number of anilines is 3. The molecule has 0 amide bonds. The Balaban J connectivity index is 1.15. The van der Waals surface area contributed by atoms with Crippen molar-refractivity contribution in [2.75, 3.05) is 4.90 Å². The highest BCUT2D eigenvalue weighted by Gasteiger charge is 2.51. The van der Waals surface area contributed by atoms with E-state index in [4.69, 9.17) is 4.74 Å². The van der Waals surface area contributed by atoms with E-state index in [0.29, 0.717) is 0 Å². The molecule has 11 rings (SSSR count). The van der Waals surface area contributed by atoms with Crippen molar-refractivity contribution in [2.45, 2.75) is 5.41 Å². The molecule has 0 saturated carbocycles. The average molecular weight is 665 g/mol. The summed E-state index contributed by atoms with van der Waals surface area (Å²) in [6, 6.07) is 69.8. The van der Waals surface area contributed by atoms with Gasteiger partial charge in [-0.05, 0) is 89.0 Å². The average Bonchev–Trinajstić information content (AvgIpc) is 3.71. The van der Waals surface area contributed by atoms with Crippen LogP contribution in [0.25, 0.3) is 38.6 Å². The van der Waals surface area contributed by atoms with E-state index in [1.165, 1.54) is 38.8 Å². The van der Waals surface area contributed by atoms with Gasteiger partial charge in [-0.3, -0.25) is 0 Å². The molecule has 1 aromatic heterocycles. The fourth-order valence-electron chi connectivity index (χ4n) is 9.00. The van der Waals surface area contributed by atoms with Gasteiger partial charge in [-0.2, -0.15) is 0 Å². The molecule has 1 aliphatic carbocycles. The highest BCUT2D eigenvalue weighted by Crippen LogP contribution is 2.63. The minimum atomic E-state index is -0.505. The van der Waals surface area contributed by atoms with Crippen LogP contribution in [-0.4, -0.2) is 4.57 Å². The molecule has 3 heteroatoms. The molecule has 244 valence electrons. The summed E-state index contributed by atoms with van der Waals surface area (Å²) in [5.41, 5.74) is 13.7. The molecule has 0 bridgehead atoms. The maximum atomic E-state index is 7.09. The molecule has 8 aromatic carbocycles. The largest absolute Gasteiger partial charge is 0.456 e. The normalized spacial score (nSPS) is 13.3. The van der Waals surface area contributed by atoms with E-state index in [1.807, 2.05) is 0 Å². The number of ether oxygens (including phenoxy) is 1. The minimum absolute atomic E-state index is 0.505. The lowest BCUT2D eigenvalue weighted by Gasteiger charge is -2.39. The van der Waals surface area contributed by atoms with Gasteiger partial charge in [0.1, 0.15) is 11.5 Å². The Kier molecular flexibility index (Phi) is 6.17. The summed E-state index contributed by atoms with van der Waals surface area (Å²) >= 11 is 0. The zero-order valence-corrected chi connectivity index (χ0v) is 28.3. The van der Waals surface area contributed by atoms with E-state index in [1.54, 1.807) is 0 Å². The second kappa shape index (κ2) is 11.1. The van der Waals surface area contributed by atoms with Crippen LogP contribution in [-0.2, 0) is 5.41 Å². The van der Waals surface area contributed by atoms with Crippen molar-refractivity contribution in [1.82, 2.24) is 4.57 Å². The first-order chi connectivity index (χ1) is 25.8. The van der Waals surface area contributed by atoms with Crippen LogP contribution in [0.2, 0.25) is 0 Å². The summed E-state index contributed by atoms with van der Waals surface area (Å²) in [7, 11) is 0. The van der Waals surface area contributed by atoms with Crippen LogP contribution in [0, 0.1) is 0 Å². The number of rotatable bonds is 4. The van der Waals surface area contributed by atoms with Crippen molar-refractivity contribution < 1.29 is 4.74 Å². The molecule has 0 atom stereocenters. The zero-order valence-electron chi connectivity index (χ0n) is 28.3. The van der Waals surface area contributed by atoms with E-state index in [9.17, 15) is 0 Å². The van der Waals surface area contributed by atoms with Gasteiger partial charge in [-0.25, -0.2) is 0 Å². The Morgan fingerprint density at radius 3 is 1.62 bits per heavy atom. The molecule has 2 aliphatic rings. The van der Waals surface area contributed by atoms with Gasteiger partial charge in [0.2, 0.25) is 0 Å². The third-order valence-corrected chi connectivity index (χ3v) is 11.0. The second-order valence-electron chi connectivity index (χ2n) is 13.7.